The maximum absolute atomic E-state index is 12.3. The SMILES string of the molecule is CNC(=O)NC(=O)[C@@H](Nc1ccc(I)cc1)c1ccccc1. The lowest BCUT2D eigenvalue weighted by atomic mass is 10.1. The molecule has 0 saturated heterocycles. The van der Waals surface area contributed by atoms with Crippen molar-refractivity contribution in [3.63, 3.8) is 0 Å². The molecule has 3 amide bonds. The van der Waals surface area contributed by atoms with E-state index >= 15 is 0 Å². The third-order valence-corrected chi connectivity index (χ3v) is 3.73. The summed E-state index contributed by atoms with van der Waals surface area (Å²) in [4.78, 5) is 23.7. The minimum Gasteiger partial charge on any atom is -0.370 e. The molecule has 2 aromatic carbocycles. The summed E-state index contributed by atoms with van der Waals surface area (Å²) >= 11 is 2.22. The molecule has 2 aromatic rings. The third kappa shape index (κ3) is 4.45. The summed E-state index contributed by atoms with van der Waals surface area (Å²) in [5, 5.41) is 7.84. The molecule has 1 atom stereocenters. The second kappa shape index (κ2) is 7.79. The molecule has 22 heavy (non-hydrogen) atoms. The average molecular weight is 409 g/mol. The van der Waals surface area contributed by atoms with Crippen LogP contribution in [0.3, 0.4) is 0 Å². The topological polar surface area (TPSA) is 70.2 Å². The second-order valence-electron chi connectivity index (χ2n) is 4.56. The van der Waals surface area contributed by atoms with Crippen molar-refractivity contribution >= 4 is 40.2 Å². The molecule has 0 bridgehead atoms. The first-order valence-electron chi connectivity index (χ1n) is 6.70. The highest BCUT2D eigenvalue weighted by molar-refractivity contribution is 14.1. The predicted molar refractivity (Wildman–Crippen MR) is 94.6 cm³/mol. The van der Waals surface area contributed by atoms with Crippen LogP contribution >= 0.6 is 22.6 Å². The number of urea groups is 1. The van der Waals surface area contributed by atoms with E-state index < -0.39 is 18.0 Å². The molecule has 3 N–H and O–H groups in total. The van der Waals surface area contributed by atoms with Gasteiger partial charge in [0.25, 0.3) is 5.91 Å². The van der Waals surface area contributed by atoms with Crippen molar-refractivity contribution < 1.29 is 9.59 Å². The predicted octanol–water partition coefficient (Wildman–Crippen LogP) is 2.90. The third-order valence-electron chi connectivity index (χ3n) is 3.01. The molecule has 5 nitrogen and oxygen atoms in total. The molecule has 0 heterocycles. The molecule has 0 saturated carbocycles. The van der Waals surface area contributed by atoms with Crippen LogP contribution in [0.2, 0.25) is 0 Å². The molecule has 0 radical (unpaired) electrons. The van der Waals surface area contributed by atoms with Crippen LogP contribution in [-0.4, -0.2) is 19.0 Å². The number of benzene rings is 2. The minimum atomic E-state index is -0.654. The monoisotopic (exact) mass is 409 g/mol. The van der Waals surface area contributed by atoms with Gasteiger partial charge in [-0.1, -0.05) is 30.3 Å². The first-order chi connectivity index (χ1) is 10.6. The quantitative estimate of drug-likeness (QED) is 0.681. The van der Waals surface area contributed by atoms with Crippen LogP contribution in [0.1, 0.15) is 11.6 Å². The number of amides is 3. The van der Waals surface area contributed by atoms with Crippen molar-refractivity contribution in [3.8, 4) is 0 Å². The largest absolute Gasteiger partial charge is 0.370 e. The Morgan fingerprint density at radius 3 is 2.23 bits per heavy atom. The summed E-state index contributed by atoms with van der Waals surface area (Å²) in [5.41, 5.74) is 1.59. The zero-order valence-electron chi connectivity index (χ0n) is 12.0. The minimum absolute atomic E-state index is 0.413. The van der Waals surface area contributed by atoms with Crippen LogP contribution in [0.4, 0.5) is 10.5 Å². The number of carbonyl (C=O) groups is 2. The van der Waals surface area contributed by atoms with E-state index in [4.69, 9.17) is 0 Å². The van der Waals surface area contributed by atoms with E-state index in [1.165, 1.54) is 7.05 Å². The van der Waals surface area contributed by atoms with Crippen LogP contribution in [0.5, 0.6) is 0 Å². The molecule has 2 rings (SSSR count). The van der Waals surface area contributed by atoms with E-state index in [2.05, 4.69) is 38.5 Å². The van der Waals surface area contributed by atoms with Crippen LogP contribution in [0.15, 0.2) is 54.6 Å². The zero-order valence-corrected chi connectivity index (χ0v) is 14.1. The Hall–Kier alpha value is -2.09. The van der Waals surface area contributed by atoms with E-state index in [0.29, 0.717) is 0 Å². The van der Waals surface area contributed by atoms with Gasteiger partial charge < -0.3 is 10.6 Å². The van der Waals surface area contributed by atoms with Gasteiger partial charge in [0.05, 0.1) is 0 Å². The molecule has 6 heteroatoms. The molecule has 0 unspecified atom stereocenters. The van der Waals surface area contributed by atoms with Gasteiger partial charge in [-0.15, -0.1) is 0 Å². The van der Waals surface area contributed by atoms with Gasteiger partial charge in [0, 0.05) is 16.3 Å². The number of imide groups is 1. The maximum Gasteiger partial charge on any atom is 0.321 e. The van der Waals surface area contributed by atoms with E-state index in [1.54, 1.807) is 0 Å². The number of hydrogen-bond acceptors (Lipinski definition) is 3. The Labute approximate surface area is 142 Å². The van der Waals surface area contributed by atoms with Crippen molar-refractivity contribution in [2.45, 2.75) is 6.04 Å². The number of rotatable bonds is 4. The lowest BCUT2D eigenvalue weighted by Crippen LogP contribution is -2.42. The highest BCUT2D eigenvalue weighted by Gasteiger charge is 2.21. The van der Waals surface area contributed by atoms with Crippen molar-refractivity contribution in [1.82, 2.24) is 10.6 Å². The standard InChI is InChI=1S/C16H16IN3O2/c1-18-16(22)20-15(21)14(11-5-3-2-4-6-11)19-13-9-7-12(17)8-10-13/h2-10,14,19H,1H3,(H2,18,20,21,22)/t14-/m0/s1. The van der Waals surface area contributed by atoms with Crippen LogP contribution in [0, 0.1) is 3.57 Å². The fraction of sp³-hybridized carbons (Fsp3) is 0.125. The number of anilines is 1. The molecule has 0 fully saturated rings. The van der Waals surface area contributed by atoms with Gasteiger partial charge >= 0.3 is 6.03 Å². The number of hydrogen-bond donors (Lipinski definition) is 3. The first-order valence-corrected chi connectivity index (χ1v) is 7.77. The van der Waals surface area contributed by atoms with Crippen molar-refractivity contribution in [3.05, 3.63) is 63.7 Å². The Kier molecular flexibility index (Phi) is 5.76. The Bertz CT molecular complexity index is 644. The summed E-state index contributed by atoms with van der Waals surface area (Å²) in [7, 11) is 1.46. The van der Waals surface area contributed by atoms with E-state index in [-0.39, 0.29) is 0 Å². The fourth-order valence-electron chi connectivity index (χ4n) is 1.91. The summed E-state index contributed by atoms with van der Waals surface area (Å²) in [6, 6.07) is 15.8. The van der Waals surface area contributed by atoms with Gasteiger partial charge in [-0.05, 0) is 52.4 Å². The highest BCUT2D eigenvalue weighted by Crippen LogP contribution is 2.20. The van der Waals surface area contributed by atoms with Gasteiger partial charge in [-0.3, -0.25) is 10.1 Å². The van der Waals surface area contributed by atoms with Gasteiger partial charge in [0.15, 0.2) is 0 Å². The molecule has 0 aliphatic rings. The molecular formula is C16H16IN3O2. The van der Waals surface area contributed by atoms with Crippen molar-refractivity contribution in [2.24, 2.45) is 0 Å². The smallest absolute Gasteiger partial charge is 0.321 e. The molecule has 0 aliphatic heterocycles. The number of halogens is 1. The fourth-order valence-corrected chi connectivity index (χ4v) is 2.26. The van der Waals surface area contributed by atoms with Gasteiger partial charge in [-0.2, -0.15) is 0 Å². The van der Waals surface area contributed by atoms with Gasteiger partial charge in [0.2, 0.25) is 0 Å². The van der Waals surface area contributed by atoms with Crippen LogP contribution in [0.25, 0.3) is 0 Å². The molecule has 0 aromatic heterocycles. The summed E-state index contributed by atoms with van der Waals surface area (Å²) in [5.74, 6) is -0.413. The molecule has 0 aliphatic carbocycles. The normalized spacial score (nSPS) is 11.4. The Morgan fingerprint density at radius 1 is 1.00 bits per heavy atom. The van der Waals surface area contributed by atoms with E-state index in [1.807, 2.05) is 54.6 Å². The van der Waals surface area contributed by atoms with Crippen molar-refractivity contribution in [1.29, 1.82) is 0 Å². The summed E-state index contributed by atoms with van der Waals surface area (Å²) < 4.78 is 1.11. The number of nitrogens with one attached hydrogen (secondary N) is 3. The van der Waals surface area contributed by atoms with E-state index in [0.717, 1.165) is 14.8 Å². The lowest BCUT2D eigenvalue weighted by Gasteiger charge is -2.19. The Balaban J connectivity index is 2.23. The van der Waals surface area contributed by atoms with Gasteiger partial charge in [-0.25, -0.2) is 4.79 Å². The second-order valence-corrected chi connectivity index (χ2v) is 5.81. The average Bonchev–Trinajstić information content (AvgIpc) is 2.54. The van der Waals surface area contributed by atoms with Crippen LogP contribution < -0.4 is 16.0 Å². The van der Waals surface area contributed by atoms with Crippen molar-refractivity contribution in [2.75, 3.05) is 12.4 Å². The number of carbonyl (C=O) groups excluding carboxylic acids is 2. The molecular weight excluding hydrogens is 393 g/mol. The zero-order chi connectivity index (χ0) is 15.9. The molecule has 114 valence electrons. The van der Waals surface area contributed by atoms with Crippen LogP contribution in [-0.2, 0) is 4.79 Å². The maximum atomic E-state index is 12.3. The summed E-state index contributed by atoms with van der Waals surface area (Å²) in [6.07, 6.45) is 0. The first kappa shape index (κ1) is 16.3. The van der Waals surface area contributed by atoms with Gasteiger partial charge in [0.1, 0.15) is 6.04 Å². The van der Waals surface area contributed by atoms with E-state index in [9.17, 15) is 9.59 Å². The highest BCUT2D eigenvalue weighted by atomic mass is 127. The Morgan fingerprint density at radius 2 is 1.64 bits per heavy atom. The summed E-state index contributed by atoms with van der Waals surface area (Å²) in [6.45, 7) is 0. The lowest BCUT2D eigenvalue weighted by molar-refractivity contribution is -0.120. The molecule has 0 spiro atoms.